The molecule has 0 amide bonds. The van der Waals surface area contributed by atoms with Gasteiger partial charge in [-0.2, -0.15) is 4.37 Å². The van der Waals surface area contributed by atoms with Crippen molar-refractivity contribution in [2.75, 3.05) is 51.3 Å². The van der Waals surface area contributed by atoms with Gasteiger partial charge in [-0.15, -0.1) is 0 Å². The van der Waals surface area contributed by atoms with Crippen LogP contribution < -0.4 is 14.4 Å². The quantitative estimate of drug-likeness (QED) is 0.579. The number of anilines is 1. The zero-order chi connectivity index (χ0) is 18.5. The minimum atomic E-state index is 0.726. The molecule has 0 unspecified atom stereocenters. The number of fused-ring (bicyclic) bond motifs is 1. The molecule has 27 heavy (non-hydrogen) atoms. The van der Waals surface area contributed by atoms with Crippen LogP contribution in [-0.4, -0.2) is 55.7 Å². The zero-order valence-electron chi connectivity index (χ0n) is 15.6. The van der Waals surface area contributed by atoms with Gasteiger partial charge in [-0.25, -0.2) is 0 Å². The summed E-state index contributed by atoms with van der Waals surface area (Å²) in [5.74, 6) is 2.85. The maximum atomic E-state index is 5.84. The molecular formula is C21H25N3O2S. The van der Waals surface area contributed by atoms with Crippen molar-refractivity contribution in [2.45, 2.75) is 6.42 Å². The van der Waals surface area contributed by atoms with Crippen LogP contribution in [-0.2, 0) is 0 Å². The average molecular weight is 384 g/mol. The molecule has 1 aliphatic heterocycles. The lowest BCUT2D eigenvalue weighted by Gasteiger charge is -2.35. The second-order valence-corrected chi connectivity index (χ2v) is 7.52. The number of ether oxygens (including phenoxy) is 2. The Bertz CT molecular complexity index is 874. The highest BCUT2D eigenvalue weighted by molar-refractivity contribution is 7.13. The lowest BCUT2D eigenvalue weighted by Crippen LogP contribution is -2.47. The lowest BCUT2D eigenvalue weighted by molar-refractivity contribution is 0.224. The van der Waals surface area contributed by atoms with Crippen molar-refractivity contribution in [3.63, 3.8) is 0 Å². The van der Waals surface area contributed by atoms with Crippen molar-refractivity contribution in [1.29, 1.82) is 0 Å². The Kier molecular flexibility index (Phi) is 5.75. The molecule has 0 N–H and O–H groups in total. The largest absolute Gasteiger partial charge is 0.497 e. The van der Waals surface area contributed by atoms with Crippen molar-refractivity contribution in [1.82, 2.24) is 9.27 Å². The van der Waals surface area contributed by atoms with Crippen LogP contribution >= 0.6 is 11.5 Å². The topological polar surface area (TPSA) is 37.8 Å². The van der Waals surface area contributed by atoms with Gasteiger partial charge < -0.3 is 14.4 Å². The van der Waals surface area contributed by atoms with Crippen LogP contribution in [0.25, 0.3) is 10.1 Å². The highest BCUT2D eigenvalue weighted by Gasteiger charge is 2.20. The number of hydrogen-bond acceptors (Lipinski definition) is 6. The maximum Gasteiger partial charge on any atom is 0.150 e. The van der Waals surface area contributed by atoms with E-state index in [2.05, 4.69) is 38.4 Å². The van der Waals surface area contributed by atoms with E-state index in [1.807, 2.05) is 24.3 Å². The molecule has 3 aromatic rings. The van der Waals surface area contributed by atoms with E-state index in [1.54, 1.807) is 18.6 Å². The van der Waals surface area contributed by atoms with E-state index in [0.29, 0.717) is 0 Å². The Morgan fingerprint density at radius 3 is 2.67 bits per heavy atom. The van der Waals surface area contributed by atoms with Crippen molar-refractivity contribution in [3.05, 3.63) is 48.5 Å². The molecule has 1 aromatic heterocycles. The fraction of sp³-hybridized carbons (Fsp3) is 0.381. The van der Waals surface area contributed by atoms with Gasteiger partial charge in [-0.1, -0.05) is 18.2 Å². The SMILES string of the molecule is COc1cccc(OCCCN2CCN(c3nsc4ccccc34)CC2)c1. The summed E-state index contributed by atoms with van der Waals surface area (Å²) < 4.78 is 17.0. The summed E-state index contributed by atoms with van der Waals surface area (Å²) in [6.45, 7) is 6.00. The van der Waals surface area contributed by atoms with Gasteiger partial charge in [0.25, 0.3) is 0 Å². The van der Waals surface area contributed by atoms with Gasteiger partial charge in [-0.05, 0) is 42.2 Å². The van der Waals surface area contributed by atoms with Gasteiger partial charge in [0.15, 0.2) is 0 Å². The molecule has 0 spiro atoms. The monoisotopic (exact) mass is 383 g/mol. The first-order chi connectivity index (χ1) is 13.3. The molecule has 0 aliphatic carbocycles. The third-order valence-corrected chi connectivity index (χ3v) is 5.78. The molecular weight excluding hydrogens is 358 g/mol. The van der Waals surface area contributed by atoms with Crippen LogP contribution in [0.5, 0.6) is 11.5 Å². The zero-order valence-corrected chi connectivity index (χ0v) is 16.5. The number of benzene rings is 2. The number of nitrogens with zero attached hydrogens (tertiary/aromatic N) is 3. The first kappa shape index (κ1) is 18.1. The van der Waals surface area contributed by atoms with Crippen LogP contribution in [0.4, 0.5) is 5.82 Å². The Morgan fingerprint density at radius 2 is 1.81 bits per heavy atom. The van der Waals surface area contributed by atoms with Gasteiger partial charge >= 0.3 is 0 Å². The number of hydrogen-bond donors (Lipinski definition) is 0. The van der Waals surface area contributed by atoms with E-state index in [1.165, 1.54) is 10.1 Å². The summed E-state index contributed by atoms with van der Waals surface area (Å²) in [4.78, 5) is 4.93. The minimum absolute atomic E-state index is 0.726. The van der Waals surface area contributed by atoms with E-state index >= 15 is 0 Å². The van der Waals surface area contributed by atoms with Gasteiger partial charge in [0.05, 0.1) is 18.4 Å². The van der Waals surface area contributed by atoms with E-state index in [0.717, 1.165) is 63.1 Å². The highest BCUT2D eigenvalue weighted by Crippen LogP contribution is 2.29. The molecule has 6 heteroatoms. The predicted molar refractivity (Wildman–Crippen MR) is 111 cm³/mol. The Labute approximate surface area is 164 Å². The standard InChI is InChI=1S/C21H25N3O2S/c1-25-17-6-4-7-18(16-17)26-15-5-10-23-11-13-24(14-12-23)21-19-8-2-3-9-20(19)27-22-21/h2-4,6-9,16H,5,10-15H2,1H3. The van der Waals surface area contributed by atoms with Gasteiger partial charge in [0, 0.05) is 44.2 Å². The summed E-state index contributed by atoms with van der Waals surface area (Å²) >= 11 is 1.59. The van der Waals surface area contributed by atoms with E-state index < -0.39 is 0 Å². The summed E-state index contributed by atoms with van der Waals surface area (Å²) in [7, 11) is 1.67. The van der Waals surface area contributed by atoms with Crippen molar-refractivity contribution in [3.8, 4) is 11.5 Å². The molecule has 0 bridgehead atoms. The number of methoxy groups -OCH3 is 1. The van der Waals surface area contributed by atoms with Crippen LogP contribution in [0.1, 0.15) is 6.42 Å². The predicted octanol–water partition coefficient (Wildman–Crippen LogP) is 3.90. The van der Waals surface area contributed by atoms with Gasteiger partial charge in [0.2, 0.25) is 0 Å². The Hall–Kier alpha value is -2.31. The van der Waals surface area contributed by atoms with Crippen LogP contribution in [0.2, 0.25) is 0 Å². The van der Waals surface area contributed by atoms with Gasteiger partial charge in [-0.3, -0.25) is 4.90 Å². The second kappa shape index (κ2) is 8.59. The molecule has 0 saturated carbocycles. The van der Waals surface area contributed by atoms with Crippen molar-refractivity contribution < 1.29 is 9.47 Å². The fourth-order valence-electron chi connectivity index (χ4n) is 3.45. The van der Waals surface area contributed by atoms with E-state index in [4.69, 9.17) is 9.47 Å². The third kappa shape index (κ3) is 4.34. The lowest BCUT2D eigenvalue weighted by atomic mass is 10.2. The Morgan fingerprint density at radius 1 is 1.00 bits per heavy atom. The summed E-state index contributed by atoms with van der Waals surface area (Å²) in [6.07, 6.45) is 1.02. The molecule has 4 rings (SSSR count). The van der Waals surface area contributed by atoms with Crippen molar-refractivity contribution >= 4 is 27.4 Å². The molecule has 2 aromatic carbocycles. The number of aromatic nitrogens is 1. The van der Waals surface area contributed by atoms with E-state index in [-0.39, 0.29) is 0 Å². The number of piperazine rings is 1. The molecule has 1 fully saturated rings. The molecule has 1 aliphatic rings. The molecule has 0 radical (unpaired) electrons. The summed E-state index contributed by atoms with van der Waals surface area (Å²) in [5, 5.41) is 1.28. The summed E-state index contributed by atoms with van der Waals surface area (Å²) in [5.41, 5.74) is 0. The molecule has 1 saturated heterocycles. The molecule has 142 valence electrons. The van der Waals surface area contributed by atoms with Crippen LogP contribution in [0.3, 0.4) is 0 Å². The molecule has 0 atom stereocenters. The Balaban J connectivity index is 1.22. The first-order valence-corrected chi connectivity index (χ1v) is 10.2. The highest BCUT2D eigenvalue weighted by atomic mass is 32.1. The van der Waals surface area contributed by atoms with Crippen LogP contribution in [0.15, 0.2) is 48.5 Å². The smallest absolute Gasteiger partial charge is 0.150 e. The number of rotatable bonds is 7. The van der Waals surface area contributed by atoms with Crippen molar-refractivity contribution in [2.24, 2.45) is 0 Å². The normalized spacial score (nSPS) is 15.2. The molecule has 5 nitrogen and oxygen atoms in total. The average Bonchev–Trinajstić information content (AvgIpc) is 3.16. The molecule has 2 heterocycles. The van der Waals surface area contributed by atoms with E-state index in [9.17, 15) is 0 Å². The van der Waals surface area contributed by atoms with Crippen LogP contribution in [0, 0.1) is 0 Å². The summed E-state index contributed by atoms with van der Waals surface area (Å²) in [6, 6.07) is 16.3. The minimum Gasteiger partial charge on any atom is -0.497 e. The first-order valence-electron chi connectivity index (χ1n) is 9.42. The second-order valence-electron chi connectivity index (χ2n) is 6.71. The third-order valence-electron chi connectivity index (χ3n) is 4.96. The van der Waals surface area contributed by atoms with Gasteiger partial charge in [0.1, 0.15) is 17.3 Å². The fourth-order valence-corrected chi connectivity index (χ4v) is 4.25. The maximum absolute atomic E-state index is 5.84.